The number of hydrogen-bond donors (Lipinski definition) is 2. The Labute approximate surface area is 107 Å². The number of H-pyrrole nitrogens is 2. The van der Waals surface area contributed by atoms with Crippen molar-refractivity contribution >= 4 is 11.6 Å². The molecule has 0 saturated carbocycles. The average molecular weight is 244 g/mol. The molecule has 2 heterocycles. The van der Waals surface area contributed by atoms with Crippen molar-refractivity contribution in [2.24, 2.45) is 0 Å². The van der Waals surface area contributed by atoms with E-state index in [1.54, 1.807) is 0 Å². The Balaban J connectivity index is 1.80. The lowest BCUT2D eigenvalue weighted by molar-refractivity contribution is -0.362. The molecule has 2 aromatic rings. The first-order valence-electron chi connectivity index (χ1n) is 6.20. The molecule has 0 aromatic carbocycles. The first kappa shape index (κ1) is 12.4. The van der Waals surface area contributed by atoms with Crippen LogP contribution < -0.4 is 20.6 Å². The molecule has 4 N–H and O–H groups in total. The van der Waals surface area contributed by atoms with Crippen molar-refractivity contribution in [2.45, 2.75) is 13.8 Å². The summed E-state index contributed by atoms with van der Waals surface area (Å²) >= 11 is 0. The number of nitrogens with one attached hydrogen (secondary N) is 4. The van der Waals surface area contributed by atoms with E-state index in [-0.39, 0.29) is 0 Å². The van der Waals surface area contributed by atoms with E-state index in [0.29, 0.717) is 0 Å². The maximum absolute atomic E-state index is 3.37. The molecule has 0 radical (unpaired) electrons. The second-order valence-corrected chi connectivity index (χ2v) is 4.31. The number of anilines is 2. The Morgan fingerprint density at radius 3 is 1.67 bits per heavy atom. The molecule has 0 aliphatic rings. The Kier molecular flexibility index (Phi) is 4.12. The molecule has 0 aliphatic carbocycles. The van der Waals surface area contributed by atoms with Crippen LogP contribution in [0.3, 0.4) is 0 Å². The van der Waals surface area contributed by atoms with Crippen LogP contribution in [0.5, 0.6) is 0 Å². The zero-order chi connectivity index (χ0) is 12.8. The van der Waals surface area contributed by atoms with E-state index in [2.05, 4.69) is 46.6 Å². The Bertz CT molecular complexity index is 463. The van der Waals surface area contributed by atoms with Gasteiger partial charge in [-0.3, -0.25) is 10.6 Å². The summed E-state index contributed by atoms with van der Waals surface area (Å²) in [4.78, 5) is 6.40. The van der Waals surface area contributed by atoms with E-state index in [1.165, 1.54) is 11.1 Å². The highest BCUT2D eigenvalue weighted by molar-refractivity contribution is 5.39. The van der Waals surface area contributed by atoms with E-state index in [0.717, 1.165) is 24.7 Å². The van der Waals surface area contributed by atoms with Crippen molar-refractivity contribution in [2.75, 3.05) is 23.7 Å². The summed E-state index contributed by atoms with van der Waals surface area (Å²) in [6.07, 6.45) is 3.86. The maximum atomic E-state index is 3.37. The molecular weight excluding hydrogens is 224 g/mol. The fourth-order valence-electron chi connectivity index (χ4n) is 1.80. The quantitative estimate of drug-likeness (QED) is 0.782. The van der Waals surface area contributed by atoms with Gasteiger partial charge in [-0.05, 0) is 38.1 Å². The van der Waals surface area contributed by atoms with Gasteiger partial charge in [-0.25, -0.2) is 9.97 Å². The zero-order valence-electron chi connectivity index (χ0n) is 10.9. The summed E-state index contributed by atoms with van der Waals surface area (Å²) in [5.41, 5.74) is 2.44. The predicted octanol–water partition coefficient (Wildman–Crippen LogP) is 1.46. The van der Waals surface area contributed by atoms with Crippen LogP contribution in [-0.2, 0) is 0 Å². The fourth-order valence-corrected chi connectivity index (χ4v) is 1.80. The third-order valence-corrected chi connectivity index (χ3v) is 2.86. The highest BCUT2D eigenvalue weighted by atomic mass is 15.0. The van der Waals surface area contributed by atoms with Gasteiger partial charge in [0.25, 0.3) is 11.6 Å². The van der Waals surface area contributed by atoms with E-state index in [9.17, 15) is 0 Å². The minimum atomic E-state index is 0.865. The van der Waals surface area contributed by atoms with Gasteiger partial charge in [0.05, 0.1) is 12.4 Å². The third kappa shape index (κ3) is 3.20. The largest absolute Gasteiger partial charge is 0.275 e. The lowest BCUT2D eigenvalue weighted by atomic mass is 10.3. The lowest BCUT2D eigenvalue weighted by Gasteiger charge is -2.02. The topological polar surface area (TPSA) is 52.3 Å². The molecule has 0 amide bonds. The number of aromatic nitrogens is 2. The molecule has 0 atom stereocenters. The first-order chi connectivity index (χ1) is 8.77. The maximum Gasteiger partial charge on any atom is 0.275 e. The molecule has 0 spiro atoms. The van der Waals surface area contributed by atoms with Crippen molar-refractivity contribution in [3.63, 3.8) is 0 Å². The molecule has 4 heteroatoms. The monoisotopic (exact) mass is 244 g/mol. The fraction of sp³-hybridized carbons (Fsp3) is 0.286. The van der Waals surface area contributed by atoms with Crippen molar-refractivity contribution in [1.82, 2.24) is 0 Å². The van der Waals surface area contributed by atoms with Gasteiger partial charge < -0.3 is 0 Å². The summed E-state index contributed by atoms with van der Waals surface area (Å²) in [5.74, 6) is 2.15. The molecule has 4 nitrogen and oxygen atoms in total. The zero-order valence-corrected chi connectivity index (χ0v) is 10.9. The van der Waals surface area contributed by atoms with E-state index in [4.69, 9.17) is 0 Å². The second kappa shape index (κ2) is 6.00. The Hall–Kier alpha value is -2.10. The smallest absolute Gasteiger partial charge is 0.270 e. The third-order valence-electron chi connectivity index (χ3n) is 2.86. The van der Waals surface area contributed by atoms with Crippen LogP contribution in [0.2, 0.25) is 0 Å². The van der Waals surface area contributed by atoms with E-state index in [1.807, 2.05) is 24.5 Å². The first-order valence-corrected chi connectivity index (χ1v) is 6.20. The van der Waals surface area contributed by atoms with Gasteiger partial charge in [0.1, 0.15) is 13.1 Å². The number of aromatic amines is 2. The SMILES string of the molecule is Cc1ccc[nH+]c1NCCNc1[nH+]cccc1C. The van der Waals surface area contributed by atoms with E-state index < -0.39 is 0 Å². The predicted molar refractivity (Wildman–Crippen MR) is 72.4 cm³/mol. The normalized spacial score (nSPS) is 10.1. The van der Waals surface area contributed by atoms with Crippen LogP contribution in [0, 0.1) is 13.8 Å². The number of rotatable bonds is 5. The molecule has 94 valence electrons. The van der Waals surface area contributed by atoms with Gasteiger partial charge in [0.2, 0.25) is 0 Å². The van der Waals surface area contributed by atoms with Crippen molar-refractivity contribution in [1.29, 1.82) is 0 Å². The van der Waals surface area contributed by atoms with Crippen LogP contribution in [0.4, 0.5) is 11.6 Å². The Morgan fingerprint density at radius 2 is 1.28 bits per heavy atom. The molecule has 0 fully saturated rings. The molecule has 2 rings (SSSR count). The highest BCUT2D eigenvalue weighted by Crippen LogP contribution is 2.06. The summed E-state index contributed by atoms with van der Waals surface area (Å²) in [5, 5.41) is 6.74. The van der Waals surface area contributed by atoms with Crippen molar-refractivity contribution < 1.29 is 9.97 Å². The van der Waals surface area contributed by atoms with Gasteiger partial charge in [-0.1, -0.05) is 0 Å². The Morgan fingerprint density at radius 1 is 0.833 bits per heavy atom. The molecule has 0 aliphatic heterocycles. The number of pyridine rings is 2. The number of hydrogen-bond acceptors (Lipinski definition) is 2. The van der Waals surface area contributed by atoms with Crippen LogP contribution in [0.25, 0.3) is 0 Å². The molecule has 18 heavy (non-hydrogen) atoms. The van der Waals surface area contributed by atoms with Crippen molar-refractivity contribution in [3.8, 4) is 0 Å². The lowest BCUT2D eigenvalue weighted by Crippen LogP contribution is -2.22. The molecule has 0 unspecified atom stereocenters. The van der Waals surface area contributed by atoms with Gasteiger partial charge in [-0.2, -0.15) is 0 Å². The van der Waals surface area contributed by atoms with E-state index >= 15 is 0 Å². The van der Waals surface area contributed by atoms with Crippen molar-refractivity contribution in [3.05, 3.63) is 47.8 Å². The van der Waals surface area contributed by atoms with Gasteiger partial charge in [-0.15, -0.1) is 0 Å². The molecular formula is C14H20N4+2. The van der Waals surface area contributed by atoms with Gasteiger partial charge in [0.15, 0.2) is 0 Å². The summed E-state index contributed by atoms with van der Waals surface area (Å²) in [6.45, 7) is 5.90. The summed E-state index contributed by atoms with van der Waals surface area (Å²) in [7, 11) is 0. The molecule has 0 saturated heterocycles. The minimum Gasteiger partial charge on any atom is -0.270 e. The van der Waals surface area contributed by atoms with Crippen LogP contribution in [0.15, 0.2) is 36.7 Å². The second-order valence-electron chi connectivity index (χ2n) is 4.31. The number of aryl methyl sites for hydroxylation is 2. The van der Waals surface area contributed by atoms with Crippen LogP contribution in [-0.4, -0.2) is 13.1 Å². The standard InChI is InChI=1S/C14H18N4/c1-11-5-3-7-15-13(11)17-9-10-18-14-12(2)6-4-8-16-14/h3-8H,9-10H2,1-2H3,(H,15,17)(H,16,18)/p+2. The molecule has 2 aromatic heterocycles. The van der Waals surface area contributed by atoms with Gasteiger partial charge >= 0.3 is 0 Å². The van der Waals surface area contributed by atoms with Crippen LogP contribution >= 0.6 is 0 Å². The minimum absolute atomic E-state index is 0.865. The molecule has 0 bridgehead atoms. The average Bonchev–Trinajstić information content (AvgIpc) is 2.38. The van der Waals surface area contributed by atoms with Gasteiger partial charge in [0, 0.05) is 11.1 Å². The highest BCUT2D eigenvalue weighted by Gasteiger charge is 2.07. The summed E-state index contributed by atoms with van der Waals surface area (Å²) in [6, 6.07) is 8.17. The summed E-state index contributed by atoms with van der Waals surface area (Å²) < 4.78 is 0. The van der Waals surface area contributed by atoms with Crippen LogP contribution in [0.1, 0.15) is 11.1 Å².